The van der Waals surface area contributed by atoms with Crippen molar-refractivity contribution in [3.63, 3.8) is 0 Å². The Labute approximate surface area is 86.6 Å². The minimum Gasteiger partial charge on any atom is -0.443 e. The monoisotopic (exact) mass is 209 g/mol. The molecule has 0 aliphatic heterocycles. The zero-order valence-electron chi connectivity index (χ0n) is 8.19. The molecule has 1 amide bonds. The van der Waals surface area contributed by atoms with E-state index in [-0.39, 0.29) is 12.4 Å². The Bertz CT molecular complexity index is 375. The number of hydroxylamine groups is 1. The molecule has 0 saturated carbocycles. The summed E-state index contributed by atoms with van der Waals surface area (Å²) in [5, 5.41) is 8.20. The van der Waals surface area contributed by atoms with Crippen LogP contribution in [0.15, 0.2) is 24.3 Å². The molecule has 5 nitrogen and oxygen atoms in total. The maximum Gasteiger partial charge on any atom is 0.431 e. The van der Waals surface area contributed by atoms with E-state index in [9.17, 15) is 9.59 Å². The zero-order valence-corrected chi connectivity index (χ0v) is 8.19. The highest BCUT2D eigenvalue weighted by Gasteiger charge is 2.08. The van der Waals surface area contributed by atoms with Crippen molar-refractivity contribution in [2.45, 2.75) is 13.5 Å². The summed E-state index contributed by atoms with van der Waals surface area (Å²) < 4.78 is 4.62. The number of ketones is 1. The van der Waals surface area contributed by atoms with Gasteiger partial charge in [0.05, 0.1) is 0 Å². The van der Waals surface area contributed by atoms with Crippen LogP contribution in [0, 0.1) is 0 Å². The van der Waals surface area contributed by atoms with Crippen LogP contribution in [0.3, 0.4) is 0 Å². The molecule has 1 aromatic rings. The number of carbonyl (C=O) groups is 2. The summed E-state index contributed by atoms with van der Waals surface area (Å²) in [6, 6.07) is 6.80. The van der Waals surface area contributed by atoms with Crippen molar-refractivity contribution in [1.29, 1.82) is 0 Å². The smallest absolute Gasteiger partial charge is 0.431 e. The van der Waals surface area contributed by atoms with E-state index in [1.165, 1.54) is 12.4 Å². The first-order chi connectivity index (χ1) is 7.15. The summed E-state index contributed by atoms with van der Waals surface area (Å²) in [4.78, 5) is 21.8. The number of hydrogen-bond donors (Lipinski definition) is 2. The van der Waals surface area contributed by atoms with E-state index >= 15 is 0 Å². The van der Waals surface area contributed by atoms with Crippen molar-refractivity contribution in [1.82, 2.24) is 5.48 Å². The number of benzene rings is 1. The van der Waals surface area contributed by atoms with Gasteiger partial charge in [0.1, 0.15) is 6.61 Å². The van der Waals surface area contributed by atoms with Gasteiger partial charge >= 0.3 is 6.09 Å². The summed E-state index contributed by atoms with van der Waals surface area (Å²) in [7, 11) is 0. The van der Waals surface area contributed by atoms with E-state index < -0.39 is 6.09 Å². The Morgan fingerprint density at radius 1 is 1.40 bits per heavy atom. The maximum absolute atomic E-state index is 11.2. The van der Waals surface area contributed by atoms with Gasteiger partial charge < -0.3 is 4.74 Å². The summed E-state index contributed by atoms with van der Waals surface area (Å²) in [5.74, 6) is -0.0985. The highest BCUT2D eigenvalue weighted by Crippen LogP contribution is 2.10. The molecule has 0 atom stereocenters. The van der Waals surface area contributed by atoms with Gasteiger partial charge in [0.2, 0.25) is 0 Å². The van der Waals surface area contributed by atoms with Crippen LogP contribution < -0.4 is 5.48 Å². The van der Waals surface area contributed by atoms with Crippen LogP contribution in [-0.2, 0) is 11.3 Å². The molecule has 80 valence electrons. The normalized spacial score (nSPS) is 9.47. The van der Waals surface area contributed by atoms with E-state index in [0.717, 1.165) is 0 Å². The number of ether oxygens (including phenoxy) is 1. The molecule has 2 N–H and O–H groups in total. The van der Waals surface area contributed by atoms with Crippen LogP contribution in [-0.4, -0.2) is 17.1 Å². The summed E-state index contributed by atoms with van der Waals surface area (Å²) in [5.41, 5.74) is 2.45. The van der Waals surface area contributed by atoms with Crippen LogP contribution in [0.4, 0.5) is 4.79 Å². The molecule has 0 aromatic heterocycles. The van der Waals surface area contributed by atoms with Crippen molar-refractivity contribution in [2.24, 2.45) is 0 Å². The van der Waals surface area contributed by atoms with Crippen molar-refractivity contribution in [2.75, 3.05) is 0 Å². The number of amides is 1. The largest absolute Gasteiger partial charge is 0.443 e. The van der Waals surface area contributed by atoms with Crippen LogP contribution in [0.2, 0.25) is 0 Å². The first-order valence-electron chi connectivity index (χ1n) is 4.31. The molecule has 0 radical (unpaired) electrons. The zero-order chi connectivity index (χ0) is 11.3. The van der Waals surface area contributed by atoms with Gasteiger partial charge in [-0.1, -0.05) is 24.3 Å². The van der Waals surface area contributed by atoms with Gasteiger partial charge in [-0.3, -0.25) is 10.0 Å². The van der Waals surface area contributed by atoms with Gasteiger partial charge in [-0.15, -0.1) is 0 Å². The summed E-state index contributed by atoms with van der Waals surface area (Å²) >= 11 is 0. The van der Waals surface area contributed by atoms with Crippen molar-refractivity contribution in [3.8, 4) is 0 Å². The molecule has 0 saturated heterocycles. The van der Waals surface area contributed by atoms with E-state index in [4.69, 9.17) is 5.21 Å². The topological polar surface area (TPSA) is 75.6 Å². The lowest BCUT2D eigenvalue weighted by Crippen LogP contribution is -2.20. The molecule has 0 spiro atoms. The third-order valence-corrected chi connectivity index (χ3v) is 1.85. The standard InChI is InChI=1S/C10H11NO4/c1-7(12)9-5-3-2-4-8(9)6-15-10(13)11-14/h2-5,14H,6H2,1H3,(H,11,13). The fourth-order valence-electron chi connectivity index (χ4n) is 1.17. The molecule has 0 aliphatic rings. The van der Waals surface area contributed by atoms with Gasteiger partial charge in [-0.25, -0.2) is 10.3 Å². The van der Waals surface area contributed by atoms with E-state index in [0.29, 0.717) is 11.1 Å². The number of nitrogens with one attached hydrogen (secondary N) is 1. The second-order valence-electron chi connectivity index (χ2n) is 2.90. The second-order valence-corrected chi connectivity index (χ2v) is 2.90. The van der Waals surface area contributed by atoms with Gasteiger partial charge in [0.15, 0.2) is 5.78 Å². The Kier molecular flexibility index (Phi) is 3.82. The Hall–Kier alpha value is -1.88. The van der Waals surface area contributed by atoms with Gasteiger partial charge in [-0.2, -0.15) is 0 Å². The average molecular weight is 209 g/mol. The average Bonchev–Trinajstić information content (AvgIpc) is 2.26. The second kappa shape index (κ2) is 5.11. The predicted octanol–water partition coefficient (Wildman–Crippen LogP) is 1.50. The predicted molar refractivity (Wildman–Crippen MR) is 51.6 cm³/mol. The Morgan fingerprint density at radius 3 is 2.67 bits per heavy atom. The molecule has 1 rings (SSSR count). The lowest BCUT2D eigenvalue weighted by molar-refractivity contribution is 0.0834. The van der Waals surface area contributed by atoms with Gasteiger partial charge in [0, 0.05) is 11.1 Å². The van der Waals surface area contributed by atoms with Crippen LogP contribution in [0.25, 0.3) is 0 Å². The molecule has 0 unspecified atom stereocenters. The van der Waals surface area contributed by atoms with Crippen molar-refractivity contribution >= 4 is 11.9 Å². The molecule has 0 heterocycles. The molecule has 0 aliphatic carbocycles. The fourth-order valence-corrected chi connectivity index (χ4v) is 1.17. The Balaban J connectivity index is 2.76. The number of rotatable bonds is 3. The fraction of sp³-hybridized carbons (Fsp3) is 0.200. The van der Waals surface area contributed by atoms with Gasteiger partial charge in [-0.05, 0) is 6.92 Å². The molecule has 5 heteroatoms. The summed E-state index contributed by atoms with van der Waals surface area (Å²) in [6.45, 7) is 1.38. The van der Waals surface area contributed by atoms with E-state index in [2.05, 4.69) is 4.74 Å². The van der Waals surface area contributed by atoms with E-state index in [1.54, 1.807) is 24.3 Å². The lowest BCUT2D eigenvalue weighted by atomic mass is 10.1. The molecule has 1 aromatic carbocycles. The van der Waals surface area contributed by atoms with Gasteiger partial charge in [0.25, 0.3) is 0 Å². The molecule has 0 fully saturated rings. The molecular weight excluding hydrogens is 198 g/mol. The minimum atomic E-state index is -0.951. The van der Waals surface area contributed by atoms with E-state index in [1.807, 2.05) is 0 Å². The van der Waals surface area contributed by atoms with Crippen LogP contribution in [0.5, 0.6) is 0 Å². The third-order valence-electron chi connectivity index (χ3n) is 1.85. The van der Waals surface area contributed by atoms with Crippen molar-refractivity contribution < 1.29 is 19.5 Å². The van der Waals surface area contributed by atoms with Crippen LogP contribution >= 0.6 is 0 Å². The molecule has 15 heavy (non-hydrogen) atoms. The SMILES string of the molecule is CC(=O)c1ccccc1COC(=O)NO. The van der Waals surface area contributed by atoms with Crippen LogP contribution in [0.1, 0.15) is 22.8 Å². The quantitative estimate of drug-likeness (QED) is 0.449. The summed E-state index contributed by atoms with van der Waals surface area (Å²) in [6.07, 6.45) is -0.951. The first-order valence-corrected chi connectivity index (χ1v) is 4.31. The Morgan fingerprint density at radius 2 is 2.07 bits per heavy atom. The highest BCUT2D eigenvalue weighted by molar-refractivity contribution is 5.95. The maximum atomic E-state index is 11.2. The lowest BCUT2D eigenvalue weighted by Gasteiger charge is -2.06. The number of carbonyl (C=O) groups excluding carboxylic acids is 2. The molecule has 0 bridgehead atoms. The minimum absolute atomic E-state index is 0.0534. The molecular formula is C10H11NO4. The number of Topliss-reactive ketones (excluding diaryl/α,β-unsaturated/α-hetero) is 1. The number of hydrogen-bond acceptors (Lipinski definition) is 4. The first kappa shape index (κ1) is 11.2. The highest BCUT2D eigenvalue weighted by atomic mass is 16.6. The van der Waals surface area contributed by atoms with Crippen molar-refractivity contribution in [3.05, 3.63) is 35.4 Å². The third kappa shape index (κ3) is 3.07.